The largest absolute Gasteiger partial charge is 0.339 e. The Balaban J connectivity index is 0.00000341. The van der Waals surface area contributed by atoms with E-state index in [1.807, 2.05) is 36.9 Å². The molecule has 1 N–H and O–H groups in total. The minimum absolute atomic E-state index is 0. The number of benzene rings is 2. The molecule has 0 unspecified atom stereocenters. The number of nitrogens with zero attached hydrogens (tertiary/aromatic N) is 2. The van der Waals surface area contributed by atoms with Gasteiger partial charge in [0.15, 0.2) is 0 Å². The number of carbonyl (C=O) groups excluding carboxylic acids is 2. The highest BCUT2D eigenvalue weighted by molar-refractivity contribution is 5.97. The summed E-state index contributed by atoms with van der Waals surface area (Å²) in [5.74, 6) is 0.0678. The molecule has 1 fully saturated rings. The first-order valence-electron chi connectivity index (χ1n) is 10.9. The number of likely N-dealkylation sites (N-methyl/N-ethyl adjacent to an activating group) is 1. The first-order valence-corrected chi connectivity index (χ1v) is 10.9. The van der Waals surface area contributed by atoms with Crippen molar-refractivity contribution in [2.45, 2.75) is 45.6 Å². The van der Waals surface area contributed by atoms with E-state index < -0.39 is 0 Å². The van der Waals surface area contributed by atoms with Crippen molar-refractivity contribution in [3.8, 4) is 0 Å². The summed E-state index contributed by atoms with van der Waals surface area (Å²) in [6, 6.07) is 16.6. The normalized spacial score (nSPS) is 14.3. The second-order valence-electron chi connectivity index (χ2n) is 8.17. The molecule has 1 aliphatic heterocycles. The van der Waals surface area contributed by atoms with E-state index in [-0.39, 0.29) is 24.2 Å². The highest BCUT2D eigenvalue weighted by Crippen LogP contribution is 2.21. The second-order valence-corrected chi connectivity index (χ2v) is 8.17. The van der Waals surface area contributed by atoms with Crippen LogP contribution in [0.5, 0.6) is 0 Å². The van der Waals surface area contributed by atoms with Gasteiger partial charge in [0.1, 0.15) is 0 Å². The van der Waals surface area contributed by atoms with Gasteiger partial charge >= 0.3 is 0 Å². The van der Waals surface area contributed by atoms with Crippen LogP contribution in [-0.2, 0) is 11.2 Å². The highest BCUT2D eigenvalue weighted by atomic mass is 35.5. The third-order valence-corrected chi connectivity index (χ3v) is 6.03. The third kappa shape index (κ3) is 6.81. The zero-order valence-corrected chi connectivity index (χ0v) is 19.6. The number of anilines is 1. The van der Waals surface area contributed by atoms with E-state index in [0.29, 0.717) is 12.5 Å². The lowest BCUT2D eigenvalue weighted by Gasteiger charge is -2.37. The Bertz CT molecular complexity index is 864. The van der Waals surface area contributed by atoms with Crippen molar-refractivity contribution >= 4 is 29.9 Å². The number of aryl methyl sites for hydroxylation is 1. The Kier molecular flexibility index (Phi) is 9.53. The predicted molar refractivity (Wildman–Crippen MR) is 129 cm³/mol. The van der Waals surface area contributed by atoms with Crippen LogP contribution in [0.1, 0.15) is 47.7 Å². The van der Waals surface area contributed by atoms with E-state index in [9.17, 15) is 9.59 Å². The van der Waals surface area contributed by atoms with Crippen LogP contribution >= 0.6 is 12.4 Å². The monoisotopic (exact) mass is 443 g/mol. The first kappa shape index (κ1) is 24.9. The van der Waals surface area contributed by atoms with Gasteiger partial charge in [-0.05, 0) is 62.6 Å². The van der Waals surface area contributed by atoms with Crippen molar-refractivity contribution in [1.82, 2.24) is 9.80 Å². The summed E-state index contributed by atoms with van der Waals surface area (Å²) in [5.41, 5.74) is 3.73. The Hall–Kier alpha value is -2.37. The molecule has 31 heavy (non-hydrogen) atoms. The smallest absolute Gasteiger partial charge is 0.254 e. The molecular weight excluding hydrogens is 410 g/mol. The molecule has 2 aromatic carbocycles. The van der Waals surface area contributed by atoms with Gasteiger partial charge in [0, 0.05) is 43.3 Å². The zero-order chi connectivity index (χ0) is 21.5. The van der Waals surface area contributed by atoms with E-state index in [0.717, 1.165) is 55.7 Å². The number of carbonyl (C=O) groups is 2. The van der Waals surface area contributed by atoms with Crippen LogP contribution in [0, 0.1) is 6.92 Å². The average molecular weight is 444 g/mol. The van der Waals surface area contributed by atoms with Crippen molar-refractivity contribution in [3.63, 3.8) is 0 Å². The molecule has 2 aromatic rings. The number of rotatable bonds is 7. The van der Waals surface area contributed by atoms with Gasteiger partial charge in [0.2, 0.25) is 5.91 Å². The van der Waals surface area contributed by atoms with Gasteiger partial charge in [0.05, 0.1) is 0 Å². The molecule has 0 radical (unpaired) electrons. The molecule has 6 heteroatoms. The predicted octanol–water partition coefficient (Wildman–Crippen LogP) is 4.54. The zero-order valence-electron chi connectivity index (χ0n) is 18.8. The van der Waals surface area contributed by atoms with Crippen molar-refractivity contribution in [2.75, 3.05) is 32.0 Å². The summed E-state index contributed by atoms with van der Waals surface area (Å²) in [5, 5.41) is 2.85. The Morgan fingerprint density at radius 1 is 1.10 bits per heavy atom. The van der Waals surface area contributed by atoms with Crippen LogP contribution in [-0.4, -0.2) is 54.3 Å². The van der Waals surface area contributed by atoms with Crippen LogP contribution in [0.25, 0.3) is 0 Å². The summed E-state index contributed by atoms with van der Waals surface area (Å²) in [6.45, 7) is 6.36. The van der Waals surface area contributed by atoms with Crippen LogP contribution in [0.15, 0.2) is 48.5 Å². The van der Waals surface area contributed by atoms with Crippen molar-refractivity contribution in [2.24, 2.45) is 0 Å². The molecule has 1 heterocycles. The number of halogens is 1. The average Bonchev–Trinajstić information content (AvgIpc) is 2.78. The lowest BCUT2D eigenvalue weighted by atomic mass is 10.0. The quantitative estimate of drug-likeness (QED) is 0.683. The van der Waals surface area contributed by atoms with E-state index in [4.69, 9.17) is 0 Å². The molecule has 2 amide bonds. The molecule has 0 aromatic heterocycles. The van der Waals surface area contributed by atoms with Crippen molar-refractivity contribution in [3.05, 3.63) is 65.2 Å². The number of hydrogen-bond donors (Lipinski definition) is 1. The maximum absolute atomic E-state index is 13.0. The Morgan fingerprint density at radius 3 is 2.39 bits per heavy atom. The summed E-state index contributed by atoms with van der Waals surface area (Å²) in [4.78, 5) is 29.0. The van der Waals surface area contributed by atoms with E-state index >= 15 is 0 Å². The van der Waals surface area contributed by atoms with Crippen molar-refractivity contribution in [1.29, 1.82) is 0 Å². The SMILES string of the molecule is CCC(=O)Nc1ccc(C(=O)N2CCC(N(C)CCc3ccccc3)CC2)c(C)c1.Cl. The third-order valence-electron chi connectivity index (χ3n) is 6.03. The van der Waals surface area contributed by atoms with E-state index in [1.165, 1.54) is 5.56 Å². The fraction of sp³-hybridized carbons (Fsp3) is 0.440. The lowest BCUT2D eigenvalue weighted by molar-refractivity contribution is -0.115. The first-order chi connectivity index (χ1) is 14.5. The topological polar surface area (TPSA) is 52.7 Å². The minimum Gasteiger partial charge on any atom is -0.339 e. The standard InChI is InChI=1S/C25H33N3O2.ClH/c1-4-24(29)26-21-10-11-23(19(2)18-21)25(30)28-16-13-22(14-17-28)27(3)15-12-20-8-6-5-7-9-20;/h5-11,18,22H,4,12-17H2,1-3H3,(H,26,29);1H. The summed E-state index contributed by atoms with van der Waals surface area (Å²) < 4.78 is 0. The van der Waals surface area contributed by atoms with Gasteiger partial charge in [0.25, 0.3) is 5.91 Å². The van der Waals surface area contributed by atoms with Crippen LogP contribution in [0.2, 0.25) is 0 Å². The molecular formula is C25H34ClN3O2. The van der Waals surface area contributed by atoms with Gasteiger partial charge in [-0.15, -0.1) is 12.4 Å². The maximum atomic E-state index is 13.0. The van der Waals surface area contributed by atoms with Crippen LogP contribution < -0.4 is 5.32 Å². The Labute approximate surface area is 192 Å². The summed E-state index contributed by atoms with van der Waals surface area (Å²) in [6.07, 6.45) is 3.49. The molecule has 1 aliphatic rings. The van der Waals surface area contributed by atoms with Gasteiger partial charge in [-0.1, -0.05) is 37.3 Å². The van der Waals surface area contributed by atoms with E-state index in [2.05, 4.69) is 47.6 Å². The molecule has 0 atom stereocenters. The second kappa shape index (κ2) is 11.9. The number of amides is 2. The van der Waals surface area contributed by atoms with Crippen LogP contribution in [0.4, 0.5) is 5.69 Å². The molecule has 0 aliphatic carbocycles. The molecule has 5 nitrogen and oxygen atoms in total. The fourth-order valence-corrected chi connectivity index (χ4v) is 4.04. The van der Waals surface area contributed by atoms with Gasteiger partial charge in [-0.25, -0.2) is 0 Å². The summed E-state index contributed by atoms with van der Waals surface area (Å²) >= 11 is 0. The molecule has 3 rings (SSSR count). The van der Waals surface area contributed by atoms with E-state index in [1.54, 1.807) is 0 Å². The molecule has 0 saturated carbocycles. The minimum atomic E-state index is -0.0214. The fourth-order valence-electron chi connectivity index (χ4n) is 4.04. The maximum Gasteiger partial charge on any atom is 0.254 e. The van der Waals surface area contributed by atoms with Gasteiger partial charge in [-0.3, -0.25) is 9.59 Å². The number of piperidine rings is 1. The molecule has 0 bridgehead atoms. The van der Waals surface area contributed by atoms with Crippen LogP contribution in [0.3, 0.4) is 0 Å². The Morgan fingerprint density at radius 2 is 1.77 bits per heavy atom. The summed E-state index contributed by atoms with van der Waals surface area (Å²) in [7, 11) is 2.19. The van der Waals surface area contributed by atoms with Gasteiger partial charge < -0.3 is 15.1 Å². The van der Waals surface area contributed by atoms with Crippen molar-refractivity contribution < 1.29 is 9.59 Å². The van der Waals surface area contributed by atoms with Gasteiger partial charge in [-0.2, -0.15) is 0 Å². The number of likely N-dealkylation sites (tertiary alicyclic amines) is 1. The molecule has 0 spiro atoms. The number of hydrogen-bond acceptors (Lipinski definition) is 3. The molecule has 1 saturated heterocycles. The highest BCUT2D eigenvalue weighted by Gasteiger charge is 2.26. The molecule has 168 valence electrons. The lowest BCUT2D eigenvalue weighted by Crippen LogP contribution is -2.46. The number of nitrogens with one attached hydrogen (secondary N) is 1.